The van der Waals surface area contributed by atoms with Crippen molar-refractivity contribution in [2.75, 3.05) is 11.0 Å². The Labute approximate surface area is 169 Å². The van der Waals surface area contributed by atoms with E-state index >= 15 is 0 Å². The second kappa shape index (κ2) is 7.37. The molecule has 3 aromatic rings. The van der Waals surface area contributed by atoms with Gasteiger partial charge >= 0.3 is 0 Å². The van der Waals surface area contributed by atoms with Gasteiger partial charge in [-0.25, -0.2) is 8.42 Å². The van der Waals surface area contributed by atoms with E-state index in [2.05, 4.69) is 22.9 Å². The van der Waals surface area contributed by atoms with Crippen LogP contribution < -0.4 is 4.72 Å². The summed E-state index contributed by atoms with van der Waals surface area (Å²) in [6.07, 6.45) is 3.20. The normalized spacial score (nSPS) is 14.8. The number of phenolic OH excluding ortho intramolecular Hbond substituents is 1. The molecule has 0 unspecified atom stereocenters. The van der Waals surface area contributed by atoms with Gasteiger partial charge in [0.1, 0.15) is 5.75 Å². The lowest BCUT2D eigenvalue weighted by Crippen LogP contribution is -2.09. The first-order chi connectivity index (χ1) is 13.4. The zero-order valence-corrected chi connectivity index (χ0v) is 16.8. The summed E-state index contributed by atoms with van der Waals surface area (Å²) < 4.78 is 25.6. The molecule has 0 radical (unpaired) electrons. The van der Waals surface area contributed by atoms with Crippen LogP contribution in [0.15, 0.2) is 71.6 Å². The van der Waals surface area contributed by atoms with Crippen LogP contribution in [0.3, 0.4) is 0 Å². The van der Waals surface area contributed by atoms with Gasteiger partial charge in [0.05, 0.1) is 6.26 Å². The van der Waals surface area contributed by atoms with Crippen LogP contribution in [0.2, 0.25) is 0 Å². The molecule has 2 N–H and O–H groups in total. The quantitative estimate of drug-likeness (QED) is 0.642. The number of fused-ring (bicyclic) bond motifs is 2. The molecule has 4 rings (SSSR count). The standard InChI is InChI=1S/C22H19NO3S2/c1-28(25,26)23-17-6-4-5-15(11-17)12-21-19-10-9-18(24)13-16(19)14-27-22-8-3-2-7-20(21)22/h2-13,23-24H,14H2,1H3/b21-12+. The number of hydrogen-bond donors (Lipinski definition) is 2. The summed E-state index contributed by atoms with van der Waals surface area (Å²) in [7, 11) is -3.34. The summed E-state index contributed by atoms with van der Waals surface area (Å²) in [4.78, 5) is 1.18. The molecule has 1 aliphatic heterocycles. The summed E-state index contributed by atoms with van der Waals surface area (Å²) in [6, 6.07) is 21.0. The lowest BCUT2D eigenvalue weighted by Gasteiger charge is -2.12. The van der Waals surface area contributed by atoms with E-state index in [9.17, 15) is 13.5 Å². The zero-order valence-electron chi connectivity index (χ0n) is 15.2. The highest BCUT2D eigenvalue weighted by Crippen LogP contribution is 2.41. The van der Waals surface area contributed by atoms with Crippen LogP contribution >= 0.6 is 11.8 Å². The number of hydrogen-bond acceptors (Lipinski definition) is 4. The maximum Gasteiger partial charge on any atom is 0.229 e. The van der Waals surface area contributed by atoms with Gasteiger partial charge in [-0.1, -0.05) is 36.4 Å². The fourth-order valence-electron chi connectivity index (χ4n) is 3.31. The Kier molecular flexibility index (Phi) is 4.91. The van der Waals surface area contributed by atoms with E-state index in [0.717, 1.165) is 39.8 Å². The van der Waals surface area contributed by atoms with Crippen molar-refractivity contribution in [3.8, 4) is 5.75 Å². The monoisotopic (exact) mass is 409 g/mol. The Morgan fingerprint density at radius 3 is 2.64 bits per heavy atom. The van der Waals surface area contributed by atoms with E-state index in [-0.39, 0.29) is 5.75 Å². The highest BCUT2D eigenvalue weighted by molar-refractivity contribution is 7.98. The predicted octanol–water partition coefficient (Wildman–Crippen LogP) is 4.96. The van der Waals surface area contributed by atoms with E-state index in [0.29, 0.717) is 5.69 Å². The number of anilines is 1. The Balaban J connectivity index is 1.88. The molecule has 0 saturated carbocycles. The molecule has 1 heterocycles. The number of sulfonamides is 1. The van der Waals surface area contributed by atoms with E-state index in [1.807, 2.05) is 42.5 Å². The first-order valence-electron chi connectivity index (χ1n) is 8.73. The minimum atomic E-state index is -3.34. The van der Waals surface area contributed by atoms with Crippen molar-refractivity contribution < 1.29 is 13.5 Å². The second-order valence-corrected chi connectivity index (χ2v) is 9.45. The molecule has 0 saturated heterocycles. The fourth-order valence-corrected chi connectivity index (χ4v) is 4.92. The molecule has 0 amide bonds. The molecule has 0 aliphatic carbocycles. The average Bonchev–Trinajstić information content (AvgIpc) is 2.78. The van der Waals surface area contributed by atoms with Gasteiger partial charge in [0.15, 0.2) is 0 Å². The van der Waals surface area contributed by atoms with Crippen LogP contribution in [-0.2, 0) is 15.8 Å². The largest absolute Gasteiger partial charge is 0.508 e. The predicted molar refractivity (Wildman–Crippen MR) is 116 cm³/mol. The third kappa shape index (κ3) is 4.08. The Hall–Kier alpha value is -2.70. The molecule has 1 aliphatic rings. The summed E-state index contributed by atoms with van der Waals surface area (Å²) in [5.41, 5.74) is 5.73. The number of benzene rings is 3. The smallest absolute Gasteiger partial charge is 0.229 e. The van der Waals surface area contributed by atoms with E-state index in [4.69, 9.17) is 0 Å². The number of phenols is 1. The molecule has 3 aromatic carbocycles. The molecular formula is C22H19NO3S2. The van der Waals surface area contributed by atoms with Gasteiger partial charge in [-0.3, -0.25) is 4.72 Å². The summed E-state index contributed by atoms with van der Waals surface area (Å²) in [5.74, 6) is 1.03. The minimum absolute atomic E-state index is 0.254. The highest BCUT2D eigenvalue weighted by atomic mass is 32.2. The maximum atomic E-state index is 11.6. The molecule has 0 bridgehead atoms. The van der Waals surface area contributed by atoms with Gasteiger partial charge in [-0.15, -0.1) is 11.8 Å². The SMILES string of the molecule is CS(=O)(=O)Nc1cccc(/C=C2\c3ccc(O)cc3CSc3ccccc32)c1. The lowest BCUT2D eigenvalue weighted by atomic mass is 9.92. The lowest BCUT2D eigenvalue weighted by molar-refractivity contribution is 0.475. The van der Waals surface area contributed by atoms with Gasteiger partial charge < -0.3 is 5.11 Å². The van der Waals surface area contributed by atoms with Gasteiger partial charge in [0.25, 0.3) is 0 Å². The summed E-state index contributed by atoms with van der Waals surface area (Å²) in [5, 5.41) is 9.92. The molecule has 142 valence electrons. The van der Waals surface area contributed by atoms with Gasteiger partial charge in [-0.2, -0.15) is 0 Å². The van der Waals surface area contributed by atoms with Crippen molar-refractivity contribution in [3.05, 3.63) is 89.0 Å². The van der Waals surface area contributed by atoms with E-state index in [1.54, 1.807) is 23.9 Å². The van der Waals surface area contributed by atoms with Crippen LogP contribution in [0, 0.1) is 0 Å². The topological polar surface area (TPSA) is 66.4 Å². The van der Waals surface area contributed by atoms with E-state index in [1.165, 1.54) is 4.90 Å². The number of thioether (sulfide) groups is 1. The van der Waals surface area contributed by atoms with E-state index < -0.39 is 10.0 Å². The molecule has 28 heavy (non-hydrogen) atoms. The molecule has 0 fully saturated rings. The van der Waals surface area contributed by atoms with Crippen LogP contribution in [0.25, 0.3) is 11.6 Å². The van der Waals surface area contributed by atoms with Crippen molar-refractivity contribution in [1.29, 1.82) is 0 Å². The molecular weight excluding hydrogens is 390 g/mol. The molecule has 0 spiro atoms. The second-order valence-electron chi connectivity index (χ2n) is 6.68. The van der Waals surface area contributed by atoms with Crippen LogP contribution in [0.4, 0.5) is 5.69 Å². The van der Waals surface area contributed by atoms with Crippen molar-refractivity contribution >= 4 is 39.1 Å². The molecule has 0 aromatic heterocycles. The maximum absolute atomic E-state index is 11.6. The first-order valence-corrected chi connectivity index (χ1v) is 11.6. The summed E-state index contributed by atoms with van der Waals surface area (Å²) in [6.45, 7) is 0. The molecule has 4 nitrogen and oxygen atoms in total. The van der Waals surface area contributed by atoms with Crippen molar-refractivity contribution in [2.45, 2.75) is 10.6 Å². The third-order valence-corrected chi connectivity index (χ3v) is 6.17. The first kappa shape index (κ1) is 18.7. The number of rotatable bonds is 3. The Morgan fingerprint density at radius 2 is 1.82 bits per heavy atom. The highest BCUT2D eigenvalue weighted by Gasteiger charge is 2.19. The minimum Gasteiger partial charge on any atom is -0.508 e. The number of aromatic hydroxyl groups is 1. The zero-order chi connectivity index (χ0) is 19.7. The Bertz CT molecular complexity index is 1180. The van der Waals surface area contributed by atoms with Gasteiger partial charge in [0.2, 0.25) is 10.0 Å². The number of nitrogens with one attached hydrogen (secondary N) is 1. The third-order valence-electron chi connectivity index (χ3n) is 4.44. The summed E-state index contributed by atoms with van der Waals surface area (Å²) >= 11 is 1.74. The van der Waals surface area contributed by atoms with Gasteiger partial charge in [-0.05, 0) is 64.2 Å². The molecule has 6 heteroatoms. The van der Waals surface area contributed by atoms with Crippen LogP contribution in [-0.4, -0.2) is 19.8 Å². The van der Waals surface area contributed by atoms with Crippen molar-refractivity contribution in [3.63, 3.8) is 0 Å². The van der Waals surface area contributed by atoms with Crippen molar-refractivity contribution in [2.24, 2.45) is 0 Å². The van der Waals surface area contributed by atoms with Crippen LogP contribution in [0.5, 0.6) is 5.75 Å². The van der Waals surface area contributed by atoms with Crippen LogP contribution in [0.1, 0.15) is 22.3 Å². The molecule has 0 atom stereocenters. The van der Waals surface area contributed by atoms with Gasteiger partial charge in [0, 0.05) is 16.3 Å². The Morgan fingerprint density at radius 1 is 1.00 bits per heavy atom. The average molecular weight is 410 g/mol. The fraction of sp³-hybridized carbons (Fsp3) is 0.0909. The van der Waals surface area contributed by atoms with Crippen molar-refractivity contribution in [1.82, 2.24) is 0 Å².